The molecule has 0 saturated carbocycles. The third-order valence-electron chi connectivity index (χ3n) is 4.40. The molecule has 2 heterocycles. The summed E-state index contributed by atoms with van der Waals surface area (Å²) in [5, 5.41) is 2.01. The molecule has 1 saturated heterocycles. The van der Waals surface area contributed by atoms with Crippen LogP contribution in [0.1, 0.15) is 28.9 Å². The van der Waals surface area contributed by atoms with E-state index in [-0.39, 0.29) is 11.6 Å². The molecule has 25 heavy (non-hydrogen) atoms. The number of amides is 1. The van der Waals surface area contributed by atoms with E-state index in [1.807, 2.05) is 0 Å². The van der Waals surface area contributed by atoms with Gasteiger partial charge in [0.1, 0.15) is 10.7 Å². The maximum absolute atomic E-state index is 12.8. The van der Waals surface area contributed by atoms with Gasteiger partial charge in [-0.3, -0.25) is 4.79 Å². The minimum absolute atomic E-state index is 0.176. The summed E-state index contributed by atoms with van der Waals surface area (Å²) in [5.74, 6) is 0.269. The van der Waals surface area contributed by atoms with Crippen molar-refractivity contribution in [3.05, 3.63) is 40.9 Å². The molecule has 4 nitrogen and oxygen atoms in total. The first-order valence-electron chi connectivity index (χ1n) is 8.01. The van der Waals surface area contributed by atoms with Crippen molar-refractivity contribution in [2.75, 3.05) is 19.6 Å². The summed E-state index contributed by atoms with van der Waals surface area (Å²) in [6.07, 6.45) is -2.67. The van der Waals surface area contributed by atoms with Crippen LogP contribution in [-0.2, 0) is 6.18 Å². The van der Waals surface area contributed by atoms with Crippen LogP contribution >= 0.6 is 11.3 Å². The van der Waals surface area contributed by atoms with Crippen LogP contribution in [0.25, 0.3) is 10.6 Å². The van der Waals surface area contributed by atoms with Gasteiger partial charge in [-0.1, -0.05) is 12.1 Å². The minimum Gasteiger partial charge on any atom is -0.337 e. The van der Waals surface area contributed by atoms with Gasteiger partial charge in [0, 0.05) is 24.0 Å². The number of carbonyl (C=O) groups excluding carboxylic acids is 1. The van der Waals surface area contributed by atoms with Gasteiger partial charge in [-0.2, -0.15) is 13.2 Å². The van der Waals surface area contributed by atoms with E-state index >= 15 is 0 Å². The minimum atomic E-state index is -4.40. The summed E-state index contributed by atoms with van der Waals surface area (Å²) in [6, 6.07) is 4.98. The normalized spacial score (nSPS) is 16.2. The Hall–Kier alpha value is -1.93. The van der Waals surface area contributed by atoms with Crippen molar-refractivity contribution in [3.8, 4) is 10.6 Å². The number of carbonyl (C=O) groups is 1. The van der Waals surface area contributed by atoms with Gasteiger partial charge in [0.2, 0.25) is 0 Å². The molecular formula is C17H18F3N3OS. The Morgan fingerprint density at radius 1 is 1.32 bits per heavy atom. The lowest BCUT2D eigenvalue weighted by atomic mass is 9.97. The molecule has 1 aliphatic heterocycles. The Balaban J connectivity index is 1.76. The number of rotatable bonds is 3. The van der Waals surface area contributed by atoms with Gasteiger partial charge in [-0.15, -0.1) is 11.3 Å². The number of piperidine rings is 1. The lowest BCUT2D eigenvalue weighted by molar-refractivity contribution is -0.137. The Kier molecular flexibility index (Phi) is 5.10. The number of nitrogens with zero attached hydrogens (tertiary/aromatic N) is 2. The van der Waals surface area contributed by atoms with E-state index in [4.69, 9.17) is 5.73 Å². The maximum atomic E-state index is 12.8. The molecule has 1 aliphatic rings. The van der Waals surface area contributed by atoms with Crippen LogP contribution in [0, 0.1) is 5.92 Å². The number of nitrogens with two attached hydrogens (primary N) is 1. The summed E-state index contributed by atoms with van der Waals surface area (Å²) >= 11 is 1.17. The summed E-state index contributed by atoms with van der Waals surface area (Å²) in [4.78, 5) is 18.5. The number of likely N-dealkylation sites (tertiary alicyclic amines) is 1. The van der Waals surface area contributed by atoms with Crippen LogP contribution in [0.15, 0.2) is 29.6 Å². The van der Waals surface area contributed by atoms with E-state index in [0.29, 0.717) is 36.1 Å². The zero-order valence-electron chi connectivity index (χ0n) is 13.4. The second-order valence-corrected chi connectivity index (χ2v) is 6.95. The SMILES string of the molecule is NCC1CCN(C(=O)c2csc(-c3cccc(C(F)(F)F)c3)n2)CC1. The van der Waals surface area contributed by atoms with Crippen LogP contribution in [0.3, 0.4) is 0 Å². The fraction of sp³-hybridized carbons (Fsp3) is 0.412. The molecule has 0 atom stereocenters. The van der Waals surface area contributed by atoms with Crippen LogP contribution in [0.2, 0.25) is 0 Å². The third-order valence-corrected chi connectivity index (χ3v) is 5.29. The first kappa shape index (κ1) is 17.9. The Morgan fingerprint density at radius 2 is 2.04 bits per heavy atom. The molecular weight excluding hydrogens is 351 g/mol. The summed E-state index contributed by atoms with van der Waals surface area (Å²) < 4.78 is 38.5. The third kappa shape index (κ3) is 4.01. The Bertz CT molecular complexity index is 752. The standard InChI is InChI=1S/C17H18F3N3OS/c18-17(19,20)13-3-1-2-12(8-13)15-22-14(10-25-15)16(24)23-6-4-11(9-21)5-7-23/h1-3,8,10-11H,4-7,9,21H2. The molecule has 0 radical (unpaired) electrons. The fourth-order valence-electron chi connectivity index (χ4n) is 2.87. The number of hydrogen-bond acceptors (Lipinski definition) is 4. The predicted octanol–water partition coefficient (Wildman–Crippen LogP) is 3.64. The average molecular weight is 369 g/mol. The Morgan fingerprint density at radius 3 is 2.68 bits per heavy atom. The summed E-state index contributed by atoms with van der Waals surface area (Å²) in [6.45, 7) is 1.90. The first-order valence-corrected chi connectivity index (χ1v) is 8.89. The van der Waals surface area contributed by atoms with Crippen LogP contribution in [0.4, 0.5) is 13.2 Å². The zero-order chi connectivity index (χ0) is 18.0. The van der Waals surface area contributed by atoms with Crippen molar-refractivity contribution in [1.29, 1.82) is 0 Å². The molecule has 2 N–H and O–H groups in total. The number of halogens is 3. The molecule has 1 amide bonds. The topological polar surface area (TPSA) is 59.2 Å². The van der Waals surface area contributed by atoms with Gasteiger partial charge < -0.3 is 10.6 Å². The molecule has 8 heteroatoms. The molecule has 0 aliphatic carbocycles. The van der Waals surface area contributed by atoms with Gasteiger partial charge in [0.05, 0.1) is 5.56 Å². The van der Waals surface area contributed by atoms with E-state index in [1.54, 1.807) is 16.3 Å². The summed E-state index contributed by atoms with van der Waals surface area (Å²) in [7, 11) is 0. The molecule has 1 aromatic heterocycles. The smallest absolute Gasteiger partial charge is 0.337 e. The highest BCUT2D eigenvalue weighted by atomic mass is 32.1. The van der Waals surface area contributed by atoms with Crippen molar-refractivity contribution in [2.45, 2.75) is 19.0 Å². The largest absolute Gasteiger partial charge is 0.416 e. The monoisotopic (exact) mass is 369 g/mol. The Labute approximate surface area is 147 Å². The summed E-state index contributed by atoms with van der Waals surface area (Å²) in [5.41, 5.74) is 5.57. The highest BCUT2D eigenvalue weighted by Gasteiger charge is 2.31. The second kappa shape index (κ2) is 7.13. The highest BCUT2D eigenvalue weighted by Crippen LogP contribution is 2.33. The fourth-order valence-corrected chi connectivity index (χ4v) is 3.66. The van der Waals surface area contributed by atoms with E-state index in [1.165, 1.54) is 17.4 Å². The van der Waals surface area contributed by atoms with Crippen LogP contribution in [0.5, 0.6) is 0 Å². The van der Waals surface area contributed by atoms with Crippen molar-refractivity contribution < 1.29 is 18.0 Å². The number of alkyl halides is 3. The number of thiazole rings is 1. The molecule has 3 rings (SSSR count). The van der Waals surface area contributed by atoms with Gasteiger partial charge in [0.15, 0.2) is 0 Å². The molecule has 0 unspecified atom stereocenters. The zero-order valence-corrected chi connectivity index (χ0v) is 14.2. The van der Waals surface area contributed by atoms with Crippen molar-refractivity contribution in [2.24, 2.45) is 11.7 Å². The molecule has 0 bridgehead atoms. The lowest BCUT2D eigenvalue weighted by Crippen LogP contribution is -2.40. The lowest BCUT2D eigenvalue weighted by Gasteiger charge is -2.30. The van der Waals surface area contributed by atoms with Crippen LogP contribution in [-0.4, -0.2) is 35.4 Å². The average Bonchev–Trinajstić information content (AvgIpc) is 3.11. The van der Waals surface area contributed by atoms with E-state index in [2.05, 4.69) is 4.98 Å². The quantitative estimate of drug-likeness (QED) is 0.899. The van der Waals surface area contributed by atoms with Gasteiger partial charge in [-0.05, 0) is 37.4 Å². The number of aromatic nitrogens is 1. The van der Waals surface area contributed by atoms with Gasteiger partial charge in [-0.25, -0.2) is 4.98 Å². The van der Waals surface area contributed by atoms with Crippen molar-refractivity contribution in [3.63, 3.8) is 0 Å². The van der Waals surface area contributed by atoms with Crippen molar-refractivity contribution in [1.82, 2.24) is 9.88 Å². The van der Waals surface area contributed by atoms with Crippen LogP contribution < -0.4 is 5.73 Å². The van der Waals surface area contributed by atoms with E-state index in [9.17, 15) is 18.0 Å². The molecule has 1 aromatic carbocycles. The molecule has 1 fully saturated rings. The molecule has 0 spiro atoms. The molecule has 2 aromatic rings. The maximum Gasteiger partial charge on any atom is 0.416 e. The first-order chi connectivity index (χ1) is 11.9. The van der Waals surface area contributed by atoms with Crippen molar-refractivity contribution >= 4 is 17.2 Å². The highest BCUT2D eigenvalue weighted by molar-refractivity contribution is 7.13. The van der Waals surface area contributed by atoms with Gasteiger partial charge in [0.25, 0.3) is 5.91 Å². The number of hydrogen-bond donors (Lipinski definition) is 1. The van der Waals surface area contributed by atoms with Gasteiger partial charge >= 0.3 is 6.18 Å². The van der Waals surface area contributed by atoms with E-state index < -0.39 is 11.7 Å². The predicted molar refractivity (Wildman–Crippen MR) is 90.2 cm³/mol. The second-order valence-electron chi connectivity index (χ2n) is 6.09. The van der Waals surface area contributed by atoms with E-state index in [0.717, 1.165) is 25.0 Å². The number of benzene rings is 1. The molecule has 134 valence electrons.